The van der Waals surface area contributed by atoms with Gasteiger partial charge in [-0.15, -0.1) is 0 Å². The van der Waals surface area contributed by atoms with Gasteiger partial charge < -0.3 is 10.8 Å². The number of hydrogen-bond acceptors (Lipinski definition) is 2. The standard InChI is InChI=1S/C11H14FNO/c12-10-6-8(14)4-5-9(10)11(13)7-2-1-3-7/h4-7,11,14H,1-3,13H2/t11-/m1/s1. The van der Waals surface area contributed by atoms with E-state index in [2.05, 4.69) is 0 Å². The Morgan fingerprint density at radius 3 is 2.64 bits per heavy atom. The van der Waals surface area contributed by atoms with Gasteiger partial charge >= 0.3 is 0 Å². The van der Waals surface area contributed by atoms with Gasteiger partial charge in [0, 0.05) is 17.7 Å². The minimum Gasteiger partial charge on any atom is -0.508 e. The fourth-order valence-electron chi connectivity index (χ4n) is 1.84. The van der Waals surface area contributed by atoms with Gasteiger partial charge in [-0.1, -0.05) is 12.5 Å². The Morgan fingerprint density at radius 2 is 2.14 bits per heavy atom. The van der Waals surface area contributed by atoms with Crippen LogP contribution < -0.4 is 5.73 Å². The maximum atomic E-state index is 13.4. The third-order valence-corrected chi connectivity index (χ3v) is 3.00. The summed E-state index contributed by atoms with van der Waals surface area (Å²) in [4.78, 5) is 0. The van der Waals surface area contributed by atoms with E-state index in [-0.39, 0.29) is 11.8 Å². The van der Waals surface area contributed by atoms with Gasteiger partial charge in [0.25, 0.3) is 0 Å². The van der Waals surface area contributed by atoms with Gasteiger partial charge in [-0.3, -0.25) is 0 Å². The van der Waals surface area contributed by atoms with Crippen molar-refractivity contribution in [2.24, 2.45) is 11.7 Å². The number of phenolic OH excluding ortho intramolecular Hbond substituents is 1. The Morgan fingerprint density at radius 1 is 1.43 bits per heavy atom. The summed E-state index contributed by atoms with van der Waals surface area (Å²) >= 11 is 0. The number of phenols is 1. The van der Waals surface area contributed by atoms with Crippen molar-refractivity contribution in [3.05, 3.63) is 29.6 Å². The van der Waals surface area contributed by atoms with Crippen LogP contribution in [0.25, 0.3) is 0 Å². The summed E-state index contributed by atoms with van der Waals surface area (Å²) in [7, 11) is 0. The highest BCUT2D eigenvalue weighted by atomic mass is 19.1. The molecule has 76 valence electrons. The van der Waals surface area contributed by atoms with E-state index >= 15 is 0 Å². The van der Waals surface area contributed by atoms with Gasteiger partial charge in [-0.2, -0.15) is 0 Å². The molecule has 0 aliphatic heterocycles. The first kappa shape index (κ1) is 9.46. The Bertz CT molecular complexity index is 336. The molecule has 0 bridgehead atoms. The first-order valence-electron chi connectivity index (χ1n) is 4.92. The van der Waals surface area contributed by atoms with Crippen LogP contribution in [-0.2, 0) is 0 Å². The summed E-state index contributed by atoms with van der Waals surface area (Å²) in [6, 6.07) is 3.96. The molecule has 3 heteroatoms. The van der Waals surface area contributed by atoms with E-state index in [0.717, 1.165) is 18.9 Å². The van der Waals surface area contributed by atoms with Crippen LogP contribution in [0.2, 0.25) is 0 Å². The molecule has 1 aromatic carbocycles. The van der Waals surface area contributed by atoms with Crippen molar-refractivity contribution in [1.29, 1.82) is 0 Å². The maximum Gasteiger partial charge on any atom is 0.131 e. The van der Waals surface area contributed by atoms with Crippen LogP contribution in [0.5, 0.6) is 5.75 Å². The van der Waals surface area contributed by atoms with E-state index in [1.807, 2.05) is 0 Å². The lowest BCUT2D eigenvalue weighted by Gasteiger charge is -2.31. The molecule has 14 heavy (non-hydrogen) atoms. The van der Waals surface area contributed by atoms with Crippen molar-refractivity contribution in [3.63, 3.8) is 0 Å². The molecule has 1 aliphatic rings. The van der Waals surface area contributed by atoms with Crippen molar-refractivity contribution in [1.82, 2.24) is 0 Å². The van der Waals surface area contributed by atoms with Crippen molar-refractivity contribution in [2.45, 2.75) is 25.3 Å². The maximum absolute atomic E-state index is 13.4. The van der Waals surface area contributed by atoms with Crippen molar-refractivity contribution < 1.29 is 9.50 Å². The zero-order chi connectivity index (χ0) is 10.1. The van der Waals surface area contributed by atoms with Crippen LogP contribution in [-0.4, -0.2) is 5.11 Å². The number of benzene rings is 1. The smallest absolute Gasteiger partial charge is 0.131 e. The van der Waals surface area contributed by atoms with Crippen LogP contribution in [0.3, 0.4) is 0 Å². The molecule has 0 aromatic heterocycles. The lowest BCUT2D eigenvalue weighted by atomic mass is 9.77. The summed E-state index contributed by atoms with van der Waals surface area (Å²) in [5.41, 5.74) is 6.45. The SMILES string of the molecule is N[C@@H](c1ccc(O)cc1F)C1CCC1. The minimum absolute atomic E-state index is 0.0490. The van der Waals surface area contributed by atoms with Gasteiger partial charge in [0.15, 0.2) is 0 Å². The van der Waals surface area contributed by atoms with E-state index in [1.54, 1.807) is 6.07 Å². The summed E-state index contributed by atoms with van der Waals surface area (Å²) in [6.07, 6.45) is 3.36. The number of nitrogens with two attached hydrogens (primary N) is 1. The third-order valence-electron chi connectivity index (χ3n) is 3.00. The first-order chi connectivity index (χ1) is 6.68. The Labute approximate surface area is 82.5 Å². The molecule has 2 nitrogen and oxygen atoms in total. The highest BCUT2D eigenvalue weighted by Gasteiger charge is 2.27. The highest BCUT2D eigenvalue weighted by Crippen LogP contribution is 2.37. The average Bonchev–Trinajstić information content (AvgIpc) is 2.00. The van der Waals surface area contributed by atoms with Gasteiger partial charge in [-0.05, 0) is 24.8 Å². The number of hydrogen-bond donors (Lipinski definition) is 2. The number of halogens is 1. The van der Waals surface area contributed by atoms with E-state index in [4.69, 9.17) is 10.8 Å². The Kier molecular flexibility index (Phi) is 2.42. The Hall–Kier alpha value is -1.09. The van der Waals surface area contributed by atoms with Crippen molar-refractivity contribution in [3.8, 4) is 5.75 Å². The molecule has 0 spiro atoms. The molecule has 0 radical (unpaired) electrons. The molecule has 1 aliphatic carbocycles. The van der Waals surface area contributed by atoms with E-state index in [9.17, 15) is 4.39 Å². The molecule has 0 unspecified atom stereocenters. The van der Waals surface area contributed by atoms with Crippen LogP contribution >= 0.6 is 0 Å². The van der Waals surface area contributed by atoms with E-state index < -0.39 is 5.82 Å². The minimum atomic E-state index is -0.399. The fraction of sp³-hybridized carbons (Fsp3) is 0.455. The van der Waals surface area contributed by atoms with Gasteiger partial charge in [0.2, 0.25) is 0 Å². The summed E-state index contributed by atoms with van der Waals surface area (Å²) in [5, 5.41) is 9.05. The predicted octanol–water partition coefficient (Wildman–Crippen LogP) is 2.33. The summed E-state index contributed by atoms with van der Waals surface area (Å²) in [5.74, 6) is -0.0366. The molecular weight excluding hydrogens is 181 g/mol. The van der Waals surface area contributed by atoms with Crippen LogP contribution in [0.1, 0.15) is 30.9 Å². The van der Waals surface area contributed by atoms with Gasteiger partial charge in [0.05, 0.1) is 0 Å². The monoisotopic (exact) mass is 195 g/mol. The van der Waals surface area contributed by atoms with Crippen LogP contribution in [0.4, 0.5) is 4.39 Å². The van der Waals surface area contributed by atoms with E-state index in [0.29, 0.717) is 11.5 Å². The summed E-state index contributed by atoms with van der Waals surface area (Å²) in [6.45, 7) is 0. The zero-order valence-electron chi connectivity index (χ0n) is 7.91. The molecule has 1 atom stereocenters. The fourth-order valence-corrected chi connectivity index (χ4v) is 1.84. The Balaban J connectivity index is 2.22. The molecule has 3 N–H and O–H groups in total. The molecule has 0 amide bonds. The molecule has 1 fully saturated rings. The highest BCUT2D eigenvalue weighted by molar-refractivity contribution is 5.30. The zero-order valence-corrected chi connectivity index (χ0v) is 7.91. The molecule has 2 rings (SSSR count). The van der Waals surface area contributed by atoms with Crippen molar-refractivity contribution in [2.75, 3.05) is 0 Å². The lowest BCUT2D eigenvalue weighted by molar-refractivity contribution is 0.260. The molecule has 0 heterocycles. The first-order valence-corrected chi connectivity index (χ1v) is 4.92. The lowest BCUT2D eigenvalue weighted by Crippen LogP contribution is -2.27. The van der Waals surface area contributed by atoms with Gasteiger partial charge in [-0.25, -0.2) is 4.39 Å². The van der Waals surface area contributed by atoms with Crippen molar-refractivity contribution >= 4 is 0 Å². The second-order valence-corrected chi connectivity index (χ2v) is 3.92. The van der Waals surface area contributed by atoms with Crippen LogP contribution in [0.15, 0.2) is 18.2 Å². The summed E-state index contributed by atoms with van der Waals surface area (Å²) < 4.78 is 13.4. The largest absolute Gasteiger partial charge is 0.508 e. The average molecular weight is 195 g/mol. The topological polar surface area (TPSA) is 46.2 Å². The second kappa shape index (κ2) is 3.58. The predicted molar refractivity (Wildman–Crippen MR) is 52.3 cm³/mol. The van der Waals surface area contributed by atoms with Crippen LogP contribution in [0, 0.1) is 11.7 Å². The molecular formula is C11H14FNO. The van der Waals surface area contributed by atoms with E-state index in [1.165, 1.54) is 12.5 Å². The quantitative estimate of drug-likeness (QED) is 0.760. The number of rotatable bonds is 2. The van der Waals surface area contributed by atoms with Gasteiger partial charge in [0.1, 0.15) is 11.6 Å². The second-order valence-electron chi connectivity index (χ2n) is 3.92. The molecule has 1 aromatic rings. The molecule has 1 saturated carbocycles. The molecule has 0 saturated heterocycles. The third kappa shape index (κ3) is 1.60. The number of aromatic hydroxyl groups is 1. The normalized spacial score (nSPS) is 19.0.